The SMILES string of the molecule is CCCCOCCCNC(=O)c1ccc(N2CCCS2(=O)=O)cc1. The lowest BCUT2D eigenvalue weighted by Crippen LogP contribution is -2.26. The van der Waals surface area contributed by atoms with Gasteiger partial charge in [-0.25, -0.2) is 8.42 Å². The van der Waals surface area contributed by atoms with Gasteiger partial charge in [0.25, 0.3) is 5.91 Å². The lowest BCUT2D eigenvalue weighted by Gasteiger charge is -2.17. The molecule has 1 amide bonds. The number of sulfonamides is 1. The van der Waals surface area contributed by atoms with Crippen molar-refractivity contribution >= 4 is 21.6 Å². The van der Waals surface area contributed by atoms with Crippen molar-refractivity contribution in [1.82, 2.24) is 5.32 Å². The van der Waals surface area contributed by atoms with Gasteiger partial charge in [0.2, 0.25) is 10.0 Å². The molecule has 0 aliphatic carbocycles. The van der Waals surface area contributed by atoms with Gasteiger partial charge in [0.15, 0.2) is 0 Å². The molecule has 134 valence electrons. The summed E-state index contributed by atoms with van der Waals surface area (Å²) < 4.78 is 30.6. The van der Waals surface area contributed by atoms with Crippen LogP contribution in [-0.4, -0.2) is 46.4 Å². The Morgan fingerprint density at radius 2 is 1.92 bits per heavy atom. The van der Waals surface area contributed by atoms with E-state index in [4.69, 9.17) is 4.74 Å². The zero-order valence-electron chi connectivity index (χ0n) is 14.2. The number of carbonyl (C=O) groups excluding carboxylic acids is 1. The first-order valence-electron chi connectivity index (χ1n) is 8.51. The van der Waals surface area contributed by atoms with E-state index in [1.165, 1.54) is 4.31 Å². The molecule has 0 saturated carbocycles. The number of nitrogens with one attached hydrogen (secondary N) is 1. The number of unbranched alkanes of at least 4 members (excludes halogenated alkanes) is 1. The molecule has 0 unspecified atom stereocenters. The minimum Gasteiger partial charge on any atom is -0.381 e. The molecule has 1 saturated heterocycles. The summed E-state index contributed by atoms with van der Waals surface area (Å²) in [6, 6.07) is 6.70. The third-order valence-corrected chi connectivity index (χ3v) is 5.78. The number of rotatable bonds is 9. The highest BCUT2D eigenvalue weighted by Gasteiger charge is 2.28. The van der Waals surface area contributed by atoms with Gasteiger partial charge in [0, 0.05) is 31.9 Å². The zero-order valence-corrected chi connectivity index (χ0v) is 15.0. The summed E-state index contributed by atoms with van der Waals surface area (Å²) in [6.45, 7) is 4.60. The van der Waals surface area contributed by atoms with E-state index in [9.17, 15) is 13.2 Å². The van der Waals surface area contributed by atoms with Crippen LogP contribution in [0.25, 0.3) is 0 Å². The first-order chi connectivity index (χ1) is 11.5. The highest BCUT2D eigenvalue weighted by molar-refractivity contribution is 7.93. The Kier molecular flexibility index (Phi) is 7.05. The molecule has 6 nitrogen and oxygen atoms in total. The molecule has 1 aromatic carbocycles. The highest BCUT2D eigenvalue weighted by atomic mass is 32.2. The summed E-state index contributed by atoms with van der Waals surface area (Å²) in [7, 11) is -3.18. The first kappa shape index (κ1) is 18.7. The molecule has 1 aliphatic rings. The lowest BCUT2D eigenvalue weighted by atomic mass is 10.2. The highest BCUT2D eigenvalue weighted by Crippen LogP contribution is 2.24. The molecular formula is C17H26N2O4S. The van der Waals surface area contributed by atoms with Crippen LogP contribution in [0.1, 0.15) is 43.0 Å². The van der Waals surface area contributed by atoms with Crippen LogP contribution in [0.5, 0.6) is 0 Å². The number of carbonyl (C=O) groups is 1. The van der Waals surface area contributed by atoms with Gasteiger partial charge >= 0.3 is 0 Å². The van der Waals surface area contributed by atoms with Crippen molar-refractivity contribution in [2.45, 2.75) is 32.6 Å². The summed E-state index contributed by atoms with van der Waals surface area (Å²) in [5.41, 5.74) is 1.15. The average Bonchev–Trinajstić information content (AvgIpc) is 2.93. The van der Waals surface area contributed by atoms with Crippen LogP contribution in [0.15, 0.2) is 24.3 Å². The van der Waals surface area contributed by atoms with Gasteiger partial charge in [-0.05, 0) is 43.5 Å². The van der Waals surface area contributed by atoms with Crippen molar-refractivity contribution in [2.75, 3.05) is 36.4 Å². The molecule has 0 aromatic heterocycles. The van der Waals surface area contributed by atoms with Crippen molar-refractivity contribution < 1.29 is 17.9 Å². The Bertz CT molecular complexity index is 628. The Morgan fingerprint density at radius 1 is 1.21 bits per heavy atom. The van der Waals surface area contributed by atoms with Gasteiger partial charge in [-0.3, -0.25) is 9.10 Å². The number of nitrogens with zero attached hydrogens (tertiary/aromatic N) is 1. The largest absolute Gasteiger partial charge is 0.381 e. The molecule has 0 bridgehead atoms. The summed E-state index contributed by atoms with van der Waals surface area (Å²) in [5.74, 6) is 0.0367. The van der Waals surface area contributed by atoms with Crippen LogP contribution in [0.2, 0.25) is 0 Å². The fourth-order valence-electron chi connectivity index (χ4n) is 2.54. The van der Waals surface area contributed by atoms with Crippen molar-refractivity contribution in [3.05, 3.63) is 29.8 Å². The number of amides is 1. The third-order valence-electron chi connectivity index (χ3n) is 3.91. The van der Waals surface area contributed by atoms with E-state index >= 15 is 0 Å². The molecule has 7 heteroatoms. The number of hydrogen-bond donors (Lipinski definition) is 1. The monoisotopic (exact) mass is 354 g/mol. The molecular weight excluding hydrogens is 328 g/mol. The molecule has 2 rings (SSSR count). The second-order valence-corrected chi connectivity index (χ2v) is 7.88. The van der Waals surface area contributed by atoms with E-state index in [1.54, 1.807) is 24.3 Å². The van der Waals surface area contributed by atoms with Crippen LogP contribution in [-0.2, 0) is 14.8 Å². The van der Waals surface area contributed by atoms with Crippen molar-refractivity contribution in [3.63, 3.8) is 0 Å². The van der Waals surface area contributed by atoms with E-state index < -0.39 is 10.0 Å². The van der Waals surface area contributed by atoms with Crippen molar-refractivity contribution in [1.29, 1.82) is 0 Å². The van der Waals surface area contributed by atoms with E-state index in [0.29, 0.717) is 37.4 Å². The number of hydrogen-bond acceptors (Lipinski definition) is 4. The maximum atomic E-state index is 12.1. The van der Waals surface area contributed by atoms with E-state index in [1.807, 2.05) is 0 Å². The van der Waals surface area contributed by atoms with Crippen molar-refractivity contribution in [2.24, 2.45) is 0 Å². The standard InChI is InChI=1S/C17H26N2O4S/c1-2-3-12-23-13-4-10-18-17(20)15-6-8-16(9-7-15)19-11-5-14-24(19,21)22/h6-9H,2-5,10-14H2,1H3,(H,18,20). The fraction of sp³-hybridized carbons (Fsp3) is 0.588. The number of ether oxygens (including phenoxy) is 1. The normalized spacial score (nSPS) is 16.3. The van der Waals surface area contributed by atoms with Crippen LogP contribution < -0.4 is 9.62 Å². The van der Waals surface area contributed by atoms with Crippen LogP contribution in [0, 0.1) is 0 Å². The second kappa shape index (κ2) is 9.03. The van der Waals surface area contributed by atoms with Crippen LogP contribution in [0.4, 0.5) is 5.69 Å². The number of anilines is 1. The predicted molar refractivity (Wildman–Crippen MR) is 94.9 cm³/mol. The third kappa shape index (κ3) is 5.21. The molecule has 0 radical (unpaired) electrons. The Morgan fingerprint density at radius 3 is 2.54 bits per heavy atom. The summed E-state index contributed by atoms with van der Waals surface area (Å²) in [5, 5.41) is 2.84. The molecule has 24 heavy (non-hydrogen) atoms. The lowest BCUT2D eigenvalue weighted by molar-refractivity contribution is 0.0940. The van der Waals surface area contributed by atoms with Gasteiger partial charge < -0.3 is 10.1 Å². The summed E-state index contributed by atoms with van der Waals surface area (Å²) in [6.07, 6.45) is 3.60. The summed E-state index contributed by atoms with van der Waals surface area (Å²) >= 11 is 0. The smallest absolute Gasteiger partial charge is 0.251 e. The summed E-state index contributed by atoms with van der Waals surface area (Å²) in [4.78, 5) is 12.1. The quantitative estimate of drug-likeness (QED) is 0.690. The number of benzene rings is 1. The molecule has 1 aromatic rings. The molecule has 1 N–H and O–H groups in total. The van der Waals surface area contributed by atoms with Gasteiger partial charge in [-0.1, -0.05) is 13.3 Å². The van der Waals surface area contributed by atoms with E-state index in [0.717, 1.165) is 25.9 Å². The zero-order chi connectivity index (χ0) is 17.4. The fourth-order valence-corrected chi connectivity index (χ4v) is 4.10. The van der Waals surface area contributed by atoms with Gasteiger partial charge in [-0.15, -0.1) is 0 Å². The molecule has 1 aliphatic heterocycles. The molecule has 1 fully saturated rings. The Hall–Kier alpha value is -1.60. The average molecular weight is 354 g/mol. The second-order valence-electron chi connectivity index (χ2n) is 5.86. The van der Waals surface area contributed by atoms with Crippen molar-refractivity contribution in [3.8, 4) is 0 Å². The van der Waals surface area contributed by atoms with Crippen LogP contribution >= 0.6 is 0 Å². The minimum absolute atomic E-state index is 0.153. The van der Waals surface area contributed by atoms with Gasteiger partial charge in [0.05, 0.1) is 11.4 Å². The maximum Gasteiger partial charge on any atom is 0.251 e. The topological polar surface area (TPSA) is 75.7 Å². The van der Waals surface area contributed by atoms with Gasteiger partial charge in [0.1, 0.15) is 0 Å². The van der Waals surface area contributed by atoms with E-state index in [-0.39, 0.29) is 11.7 Å². The Labute approximate surface area is 144 Å². The molecule has 1 heterocycles. The predicted octanol–water partition coefficient (Wildman–Crippen LogP) is 2.16. The maximum absolute atomic E-state index is 12.1. The first-order valence-corrected chi connectivity index (χ1v) is 10.1. The van der Waals surface area contributed by atoms with E-state index in [2.05, 4.69) is 12.2 Å². The van der Waals surface area contributed by atoms with Gasteiger partial charge in [-0.2, -0.15) is 0 Å². The minimum atomic E-state index is -3.18. The molecule has 0 atom stereocenters. The van der Waals surface area contributed by atoms with Crippen LogP contribution in [0.3, 0.4) is 0 Å². The molecule has 0 spiro atoms. The Balaban J connectivity index is 1.77.